The van der Waals surface area contributed by atoms with Crippen LogP contribution in [0, 0.1) is 0 Å². The lowest BCUT2D eigenvalue weighted by Gasteiger charge is -2.04. The van der Waals surface area contributed by atoms with Gasteiger partial charge in [-0.15, -0.1) is 0 Å². The number of furan rings is 1. The molecule has 1 aromatic carbocycles. The lowest BCUT2D eigenvalue weighted by Crippen LogP contribution is -1.98. The minimum atomic E-state index is -0.984. The zero-order valence-corrected chi connectivity index (χ0v) is 10.4. The van der Waals surface area contributed by atoms with Gasteiger partial charge in [-0.3, -0.25) is 0 Å². The van der Waals surface area contributed by atoms with Gasteiger partial charge in [-0.1, -0.05) is 22.0 Å². The standard InChI is InChI=1S/C12H10BrNO3/c13-9-2-1-3-10(5-9)14-6-11-4-8(7-17-11)12(15)16/h1-5,7,14H,6H2,(H,15,16). The lowest BCUT2D eigenvalue weighted by molar-refractivity contribution is 0.0696. The predicted molar refractivity (Wildman–Crippen MR) is 67.1 cm³/mol. The number of nitrogens with one attached hydrogen (secondary N) is 1. The molecular formula is C12H10BrNO3. The largest absolute Gasteiger partial charge is 0.478 e. The number of anilines is 1. The summed E-state index contributed by atoms with van der Waals surface area (Å²) in [6.45, 7) is 0.448. The second-order valence-corrected chi connectivity index (χ2v) is 4.39. The molecule has 1 aromatic heterocycles. The van der Waals surface area contributed by atoms with Crippen LogP contribution in [-0.2, 0) is 6.54 Å². The number of rotatable bonds is 4. The maximum atomic E-state index is 10.6. The molecule has 0 spiro atoms. The minimum absolute atomic E-state index is 0.163. The molecule has 0 saturated carbocycles. The van der Waals surface area contributed by atoms with Crippen molar-refractivity contribution < 1.29 is 14.3 Å². The molecule has 88 valence electrons. The highest BCUT2D eigenvalue weighted by Crippen LogP contribution is 2.17. The molecule has 0 fully saturated rings. The Morgan fingerprint density at radius 1 is 1.41 bits per heavy atom. The molecule has 0 aliphatic heterocycles. The number of hydrogen-bond acceptors (Lipinski definition) is 3. The van der Waals surface area contributed by atoms with Gasteiger partial charge in [-0.2, -0.15) is 0 Å². The Kier molecular flexibility index (Phi) is 3.49. The van der Waals surface area contributed by atoms with E-state index in [4.69, 9.17) is 9.52 Å². The molecule has 5 heteroatoms. The summed E-state index contributed by atoms with van der Waals surface area (Å²) in [6.07, 6.45) is 1.24. The molecule has 4 nitrogen and oxygen atoms in total. The zero-order valence-electron chi connectivity index (χ0n) is 8.81. The van der Waals surface area contributed by atoms with Crippen LogP contribution in [0.2, 0.25) is 0 Å². The summed E-state index contributed by atoms with van der Waals surface area (Å²) < 4.78 is 6.10. The van der Waals surface area contributed by atoms with Crippen molar-refractivity contribution in [2.75, 3.05) is 5.32 Å². The number of hydrogen-bond donors (Lipinski definition) is 2. The van der Waals surface area contributed by atoms with E-state index in [2.05, 4.69) is 21.2 Å². The van der Waals surface area contributed by atoms with E-state index in [1.807, 2.05) is 24.3 Å². The first-order chi connectivity index (χ1) is 8.15. The Labute approximate surface area is 106 Å². The zero-order chi connectivity index (χ0) is 12.3. The van der Waals surface area contributed by atoms with Crippen LogP contribution in [0.4, 0.5) is 5.69 Å². The molecule has 0 atom stereocenters. The molecule has 0 aliphatic carbocycles. The summed E-state index contributed by atoms with van der Waals surface area (Å²) >= 11 is 3.37. The highest BCUT2D eigenvalue weighted by Gasteiger charge is 2.07. The normalized spacial score (nSPS) is 10.2. The van der Waals surface area contributed by atoms with Crippen LogP contribution >= 0.6 is 15.9 Å². The van der Waals surface area contributed by atoms with Crippen molar-refractivity contribution in [2.24, 2.45) is 0 Å². The summed E-state index contributed by atoms with van der Waals surface area (Å²) in [5.41, 5.74) is 1.10. The van der Waals surface area contributed by atoms with Crippen LogP contribution in [0.3, 0.4) is 0 Å². The van der Waals surface area contributed by atoms with Gasteiger partial charge in [0, 0.05) is 10.2 Å². The summed E-state index contributed by atoms with van der Waals surface area (Å²) in [5, 5.41) is 11.9. The van der Waals surface area contributed by atoms with Crippen molar-refractivity contribution >= 4 is 27.6 Å². The molecule has 0 saturated heterocycles. The summed E-state index contributed by atoms with van der Waals surface area (Å²) in [5.74, 6) is -0.398. The van der Waals surface area contributed by atoms with Gasteiger partial charge in [0.25, 0.3) is 0 Å². The number of halogens is 1. The Bertz CT molecular complexity index is 536. The molecular weight excluding hydrogens is 286 g/mol. The third-order valence-electron chi connectivity index (χ3n) is 2.19. The van der Waals surface area contributed by atoms with E-state index in [1.54, 1.807) is 0 Å². The molecule has 0 amide bonds. The second kappa shape index (κ2) is 5.05. The number of benzene rings is 1. The van der Waals surface area contributed by atoms with Crippen LogP contribution in [0.1, 0.15) is 16.1 Å². The van der Waals surface area contributed by atoms with Gasteiger partial charge >= 0.3 is 5.97 Å². The fourth-order valence-electron chi connectivity index (χ4n) is 1.37. The maximum absolute atomic E-state index is 10.6. The SMILES string of the molecule is O=C(O)c1coc(CNc2cccc(Br)c2)c1. The third-order valence-corrected chi connectivity index (χ3v) is 2.69. The first-order valence-corrected chi connectivity index (χ1v) is 5.74. The van der Waals surface area contributed by atoms with Crippen molar-refractivity contribution in [1.29, 1.82) is 0 Å². The maximum Gasteiger partial charge on any atom is 0.338 e. The van der Waals surface area contributed by atoms with E-state index >= 15 is 0 Å². The number of carbonyl (C=O) groups is 1. The minimum Gasteiger partial charge on any atom is -0.478 e. The van der Waals surface area contributed by atoms with Gasteiger partial charge < -0.3 is 14.8 Å². The van der Waals surface area contributed by atoms with Crippen molar-refractivity contribution in [3.63, 3.8) is 0 Å². The predicted octanol–water partition coefficient (Wildman–Crippen LogP) is 3.35. The lowest BCUT2D eigenvalue weighted by atomic mass is 10.3. The van der Waals surface area contributed by atoms with Crippen LogP contribution in [0.5, 0.6) is 0 Å². The summed E-state index contributed by atoms with van der Waals surface area (Å²) in [6, 6.07) is 9.21. The molecule has 0 bridgehead atoms. The number of aromatic carboxylic acids is 1. The van der Waals surface area contributed by atoms with E-state index < -0.39 is 5.97 Å². The molecule has 0 radical (unpaired) electrons. The highest BCUT2D eigenvalue weighted by atomic mass is 79.9. The smallest absolute Gasteiger partial charge is 0.338 e. The van der Waals surface area contributed by atoms with Crippen molar-refractivity contribution in [3.8, 4) is 0 Å². The van der Waals surface area contributed by atoms with E-state index in [0.29, 0.717) is 12.3 Å². The number of carboxylic acid groups (broad SMARTS) is 1. The molecule has 0 aliphatic rings. The van der Waals surface area contributed by atoms with Gasteiger partial charge in [0.2, 0.25) is 0 Å². The monoisotopic (exact) mass is 295 g/mol. The highest BCUT2D eigenvalue weighted by molar-refractivity contribution is 9.10. The topological polar surface area (TPSA) is 62.5 Å². The van der Waals surface area contributed by atoms with Gasteiger partial charge in [-0.05, 0) is 24.3 Å². The Morgan fingerprint density at radius 3 is 2.88 bits per heavy atom. The average Bonchev–Trinajstić information content (AvgIpc) is 2.75. The summed E-state index contributed by atoms with van der Waals surface area (Å²) in [4.78, 5) is 10.6. The van der Waals surface area contributed by atoms with Crippen molar-refractivity contribution in [2.45, 2.75) is 6.54 Å². The third kappa shape index (κ3) is 3.10. The van der Waals surface area contributed by atoms with Gasteiger partial charge in [-0.25, -0.2) is 4.79 Å². The Hall–Kier alpha value is -1.75. The van der Waals surface area contributed by atoms with Crippen LogP contribution in [-0.4, -0.2) is 11.1 Å². The van der Waals surface area contributed by atoms with E-state index in [9.17, 15) is 4.79 Å². The fraction of sp³-hybridized carbons (Fsp3) is 0.0833. The van der Waals surface area contributed by atoms with Crippen LogP contribution in [0.15, 0.2) is 45.5 Å². The van der Waals surface area contributed by atoms with Crippen molar-refractivity contribution in [1.82, 2.24) is 0 Å². The Balaban J connectivity index is 2.00. The summed E-state index contributed by atoms with van der Waals surface area (Å²) in [7, 11) is 0. The molecule has 2 aromatic rings. The van der Waals surface area contributed by atoms with E-state index in [0.717, 1.165) is 10.2 Å². The first kappa shape index (κ1) is 11.7. The molecule has 2 rings (SSSR count). The van der Waals surface area contributed by atoms with Gasteiger partial charge in [0.1, 0.15) is 12.0 Å². The molecule has 17 heavy (non-hydrogen) atoms. The molecule has 1 heterocycles. The first-order valence-electron chi connectivity index (χ1n) is 4.95. The number of carboxylic acids is 1. The second-order valence-electron chi connectivity index (χ2n) is 3.47. The van der Waals surface area contributed by atoms with E-state index in [1.165, 1.54) is 12.3 Å². The molecule has 0 unspecified atom stereocenters. The Morgan fingerprint density at radius 2 is 2.24 bits per heavy atom. The fourth-order valence-corrected chi connectivity index (χ4v) is 1.77. The van der Waals surface area contributed by atoms with Crippen LogP contribution < -0.4 is 5.32 Å². The average molecular weight is 296 g/mol. The van der Waals surface area contributed by atoms with Crippen LogP contribution in [0.25, 0.3) is 0 Å². The molecule has 2 N–H and O–H groups in total. The van der Waals surface area contributed by atoms with Crippen molar-refractivity contribution in [3.05, 3.63) is 52.4 Å². The van der Waals surface area contributed by atoms with E-state index in [-0.39, 0.29) is 5.56 Å². The quantitative estimate of drug-likeness (QED) is 0.908. The van der Waals surface area contributed by atoms with Gasteiger partial charge in [0.15, 0.2) is 0 Å². The van der Waals surface area contributed by atoms with Gasteiger partial charge in [0.05, 0.1) is 12.1 Å².